The van der Waals surface area contributed by atoms with Gasteiger partial charge in [0.15, 0.2) is 11.9 Å². The number of ketones is 1. The van der Waals surface area contributed by atoms with Gasteiger partial charge in [-0.1, -0.05) is 11.6 Å². The van der Waals surface area contributed by atoms with Gasteiger partial charge in [0.05, 0.1) is 0 Å². The van der Waals surface area contributed by atoms with Gasteiger partial charge in [-0.15, -0.1) is 0 Å². The van der Waals surface area contributed by atoms with Crippen LogP contribution in [0.5, 0.6) is 0 Å². The zero-order chi connectivity index (χ0) is 18.1. The zero-order valence-corrected chi connectivity index (χ0v) is 15.8. The summed E-state index contributed by atoms with van der Waals surface area (Å²) in [5.74, 6) is 0.118. The third-order valence-corrected chi connectivity index (χ3v) is 5.00. The molecule has 0 bridgehead atoms. The van der Waals surface area contributed by atoms with E-state index in [0.29, 0.717) is 11.6 Å². The molecule has 3 nitrogen and oxygen atoms in total. The van der Waals surface area contributed by atoms with Gasteiger partial charge in [-0.25, -0.2) is 0 Å². The molecule has 0 unspecified atom stereocenters. The van der Waals surface area contributed by atoms with E-state index in [4.69, 9.17) is 11.6 Å². The normalized spacial score (nSPS) is 10.9. The first-order valence-corrected chi connectivity index (χ1v) is 8.70. The molecule has 0 amide bonds. The monoisotopic (exact) mass is 353 g/mol. The van der Waals surface area contributed by atoms with Crippen molar-refractivity contribution in [2.75, 3.05) is 0 Å². The smallest absolute Gasteiger partial charge is 0.229 e. The van der Waals surface area contributed by atoms with Gasteiger partial charge < -0.3 is 4.57 Å². The van der Waals surface area contributed by atoms with Crippen molar-refractivity contribution >= 4 is 17.4 Å². The SMILES string of the molecule is Cc1ccc[n+](CC(=O)c2cc(C)n(-c3ccc(Cl)cc3)c2C)c1C. The second-order valence-corrected chi connectivity index (χ2v) is 6.86. The van der Waals surface area contributed by atoms with Gasteiger partial charge in [0, 0.05) is 46.2 Å². The van der Waals surface area contributed by atoms with E-state index in [0.717, 1.165) is 28.3 Å². The minimum absolute atomic E-state index is 0.118. The summed E-state index contributed by atoms with van der Waals surface area (Å²) in [5.41, 5.74) is 6.06. The van der Waals surface area contributed by atoms with Crippen molar-refractivity contribution in [1.82, 2.24) is 4.57 Å². The van der Waals surface area contributed by atoms with Crippen LogP contribution in [0.1, 0.15) is 33.0 Å². The Morgan fingerprint density at radius 1 is 1.08 bits per heavy atom. The first-order valence-electron chi connectivity index (χ1n) is 8.32. The molecule has 1 aromatic carbocycles. The van der Waals surface area contributed by atoms with Crippen molar-refractivity contribution in [2.24, 2.45) is 0 Å². The number of hydrogen-bond donors (Lipinski definition) is 0. The number of rotatable bonds is 4. The summed E-state index contributed by atoms with van der Waals surface area (Å²) < 4.78 is 4.10. The van der Waals surface area contributed by atoms with Crippen LogP contribution in [0, 0.1) is 27.7 Å². The quantitative estimate of drug-likeness (QED) is 0.499. The molecule has 0 aliphatic heterocycles. The van der Waals surface area contributed by atoms with Gasteiger partial charge in [-0.3, -0.25) is 4.79 Å². The lowest BCUT2D eigenvalue weighted by atomic mass is 10.1. The Bertz CT molecular complexity index is 939. The number of carbonyl (C=O) groups excluding carboxylic acids is 1. The van der Waals surface area contributed by atoms with Crippen LogP contribution in [0.25, 0.3) is 5.69 Å². The van der Waals surface area contributed by atoms with E-state index in [1.165, 1.54) is 5.56 Å². The predicted octanol–water partition coefficient (Wildman–Crippen LogP) is 4.53. The van der Waals surface area contributed by atoms with Gasteiger partial charge in [-0.05, 0) is 57.2 Å². The second kappa shape index (κ2) is 6.85. The predicted molar refractivity (Wildman–Crippen MR) is 101 cm³/mol. The van der Waals surface area contributed by atoms with Crippen molar-refractivity contribution in [3.63, 3.8) is 0 Å². The van der Waals surface area contributed by atoms with E-state index < -0.39 is 0 Å². The number of hydrogen-bond acceptors (Lipinski definition) is 1. The molecule has 3 aromatic rings. The first-order chi connectivity index (χ1) is 11.9. The molecule has 2 aromatic heterocycles. The van der Waals surface area contributed by atoms with Crippen molar-refractivity contribution < 1.29 is 9.36 Å². The lowest BCUT2D eigenvalue weighted by Crippen LogP contribution is -2.41. The summed E-state index contributed by atoms with van der Waals surface area (Å²) in [6.45, 7) is 8.45. The molecule has 0 N–H and O–H groups in total. The van der Waals surface area contributed by atoms with Crippen LogP contribution >= 0.6 is 11.6 Å². The molecule has 2 heterocycles. The zero-order valence-electron chi connectivity index (χ0n) is 15.0. The molecule has 25 heavy (non-hydrogen) atoms. The fraction of sp³-hybridized carbons (Fsp3) is 0.238. The molecule has 0 aliphatic carbocycles. The molecule has 3 rings (SSSR count). The highest BCUT2D eigenvalue weighted by atomic mass is 35.5. The van der Waals surface area contributed by atoms with Gasteiger partial charge >= 0.3 is 0 Å². The van der Waals surface area contributed by atoms with E-state index in [1.807, 2.05) is 67.9 Å². The van der Waals surface area contributed by atoms with Gasteiger partial charge in [0.25, 0.3) is 0 Å². The average Bonchev–Trinajstić information content (AvgIpc) is 2.88. The summed E-state index contributed by atoms with van der Waals surface area (Å²) in [7, 11) is 0. The molecule has 0 saturated carbocycles. The summed E-state index contributed by atoms with van der Waals surface area (Å²) in [6.07, 6.45) is 1.96. The van der Waals surface area contributed by atoms with Crippen LogP contribution in [0.2, 0.25) is 5.02 Å². The largest absolute Gasteiger partial charge is 0.318 e. The van der Waals surface area contributed by atoms with Crippen molar-refractivity contribution in [3.05, 3.63) is 81.9 Å². The molecule has 0 saturated heterocycles. The number of benzene rings is 1. The third-order valence-electron chi connectivity index (χ3n) is 4.74. The third kappa shape index (κ3) is 3.38. The van der Waals surface area contributed by atoms with Gasteiger partial charge in [-0.2, -0.15) is 4.57 Å². The minimum Gasteiger partial charge on any atom is -0.318 e. The average molecular weight is 354 g/mol. The Labute approximate surface area is 153 Å². The van der Waals surface area contributed by atoms with Crippen LogP contribution in [0.4, 0.5) is 0 Å². The van der Waals surface area contributed by atoms with Crippen molar-refractivity contribution in [1.29, 1.82) is 0 Å². The first kappa shape index (κ1) is 17.4. The molecular weight excluding hydrogens is 332 g/mol. The lowest BCUT2D eigenvalue weighted by molar-refractivity contribution is -0.689. The Hall–Kier alpha value is -2.39. The maximum atomic E-state index is 12.9. The highest BCUT2D eigenvalue weighted by Crippen LogP contribution is 2.22. The number of halogens is 1. The number of pyridine rings is 1. The number of nitrogens with zero attached hydrogens (tertiary/aromatic N) is 2. The molecular formula is C21H22ClN2O+. The molecule has 0 aliphatic rings. The van der Waals surface area contributed by atoms with E-state index in [-0.39, 0.29) is 5.78 Å². The Morgan fingerprint density at radius 2 is 1.76 bits per heavy atom. The van der Waals surface area contributed by atoms with Crippen LogP contribution in [-0.4, -0.2) is 10.4 Å². The van der Waals surface area contributed by atoms with Crippen LogP contribution in [-0.2, 0) is 6.54 Å². The Kier molecular flexibility index (Phi) is 4.78. The summed E-state index contributed by atoms with van der Waals surface area (Å²) in [4.78, 5) is 12.9. The highest BCUT2D eigenvalue weighted by molar-refractivity contribution is 6.30. The van der Waals surface area contributed by atoms with Crippen LogP contribution in [0.15, 0.2) is 48.7 Å². The van der Waals surface area contributed by atoms with Crippen LogP contribution < -0.4 is 4.57 Å². The topological polar surface area (TPSA) is 25.9 Å². The molecule has 0 radical (unpaired) electrons. The summed E-state index contributed by atoms with van der Waals surface area (Å²) in [5, 5.41) is 0.703. The van der Waals surface area contributed by atoms with Gasteiger partial charge in [0.2, 0.25) is 12.3 Å². The van der Waals surface area contributed by atoms with Crippen molar-refractivity contribution in [3.8, 4) is 5.69 Å². The molecule has 0 spiro atoms. The number of carbonyl (C=O) groups is 1. The Balaban J connectivity index is 1.95. The molecule has 4 heteroatoms. The lowest BCUT2D eigenvalue weighted by Gasteiger charge is -2.10. The Morgan fingerprint density at radius 3 is 2.44 bits per heavy atom. The van der Waals surface area contributed by atoms with Crippen LogP contribution in [0.3, 0.4) is 0 Å². The number of Topliss-reactive ketones (excluding diaryl/α,β-unsaturated/α-hetero) is 1. The fourth-order valence-corrected chi connectivity index (χ4v) is 3.32. The summed E-state index contributed by atoms with van der Waals surface area (Å²) in [6, 6.07) is 13.7. The fourth-order valence-electron chi connectivity index (χ4n) is 3.19. The van der Waals surface area contributed by atoms with E-state index in [9.17, 15) is 4.79 Å². The summed E-state index contributed by atoms with van der Waals surface area (Å²) >= 11 is 5.99. The highest BCUT2D eigenvalue weighted by Gasteiger charge is 2.21. The van der Waals surface area contributed by atoms with E-state index in [2.05, 4.69) is 17.6 Å². The van der Waals surface area contributed by atoms with Gasteiger partial charge in [0.1, 0.15) is 0 Å². The molecule has 128 valence electrons. The second-order valence-electron chi connectivity index (χ2n) is 6.42. The minimum atomic E-state index is 0.118. The maximum absolute atomic E-state index is 12.9. The number of aryl methyl sites for hydroxylation is 2. The number of aromatic nitrogens is 2. The van der Waals surface area contributed by atoms with E-state index in [1.54, 1.807) is 0 Å². The molecule has 0 atom stereocenters. The van der Waals surface area contributed by atoms with E-state index >= 15 is 0 Å². The molecule has 0 fully saturated rings. The maximum Gasteiger partial charge on any atom is 0.229 e. The van der Waals surface area contributed by atoms with Crippen molar-refractivity contribution in [2.45, 2.75) is 34.2 Å². The standard InChI is InChI=1S/C21H22ClN2O/c1-14-6-5-11-23(16(14)3)13-21(25)20-12-15(2)24(17(20)4)19-9-7-18(22)8-10-19/h5-12H,13H2,1-4H3/q+1.